The Morgan fingerprint density at radius 1 is 1.18 bits per heavy atom. The van der Waals surface area contributed by atoms with E-state index in [1.54, 1.807) is 23.5 Å². The quantitative estimate of drug-likeness (QED) is 0.550. The molecule has 1 aliphatic heterocycles. The second kappa shape index (κ2) is 8.17. The Hall–Kier alpha value is -2.87. The summed E-state index contributed by atoms with van der Waals surface area (Å²) < 4.78 is 7.59. The molecule has 3 aromatic rings. The zero-order chi connectivity index (χ0) is 23.3. The van der Waals surface area contributed by atoms with Gasteiger partial charge in [0.05, 0.1) is 5.39 Å². The van der Waals surface area contributed by atoms with Crippen LogP contribution < -0.4 is 4.90 Å². The molecule has 2 aliphatic rings. The zero-order valence-electron chi connectivity index (χ0n) is 19.5. The third-order valence-electron chi connectivity index (χ3n) is 6.12. The van der Waals surface area contributed by atoms with Crippen molar-refractivity contribution in [1.82, 2.24) is 24.4 Å². The number of nitrogens with zero attached hydrogens (tertiary/aromatic N) is 6. The lowest BCUT2D eigenvalue weighted by Gasteiger charge is -2.41. The highest BCUT2D eigenvalue weighted by atomic mass is 35.5. The molecule has 0 unspecified atom stereocenters. The lowest BCUT2D eigenvalue weighted by atomic mass is 10.1. The van der Waals surface area contributed by atoms with Crippen LogP contribution in [-0.2, 0) is 4.74 Å². The summed E-state index contributed by atoms with van der Waals surface area (Å²) in [5.41, 5.74) is 1.58. The molecular formula is C24H29ClN6O2. The molecule has 8 nitrogen and oxygen atoms in total. The minimum Gasteiger partial charge on any atom is -0.444 e. The summed E-state index contributed by atoms with van der Waals surface area (Å²) >= 11 is 6.24. The van der Waals surface area contributed by atoms with Crippen molar-refractivity contribution in [1.29, 1.82) is 0 Å². The molecule has 4 heterocycles. The van der Waals surface area contributed by atoms with Gasteiger partial charge in [-0.15, -0.1) is 0 Å². The van der Waals surface area contributed by atoms with Gasteiger partial charge in [-0.3, -0.25) is 4.57 Å². The molecule has 2 fully saturated rings. The predicted octanol–water partition coefficient (Wildman–Crippen LogP) is 4.79. The SMILES string of the molecule is C[C@H]1CN(C(=O)OC(C)(C)C)CCN1c1ncnc2c1c(C1CC1)cn2-c1cc(Cl)ccn1. The first kappa shape index (κ1) is 21.9. The number of hydrogen-bond donors (Lipinski definition) is 0. The third-order valence-corrected chi connectivity index (χ3v) is 6.35. The molecule has 5 rings (SSSR count). The summed E-state index contributed by atoms with van der Waals surface area (Å²) in [6, 6.07) is 3.70. The number of ether oxygens (including phenoxy) is 1. The van der Waals surface area contributed by atoms with Gasteiger partial charge in [0.15, 0.2) is 5.65 Å². The van der Waals surface area contributed by atoms with Gasteiger partial charge in [0.25, 0.3) is 0 Å². The van der Waals surface area contributed by atoms with Crippen molar-refractivity contribution >= 4 is 34.5 Å². The number of carbonyl (C=O) groups excluding carboxylic acids is 1. The summed E-state index contributed by atoms with van der Waals surface area (Å²) in [6.07, 6.45) is 7.53. The average molecular weight is 469 g/mol. The molecule has 0 aromatic carbocycles. The Balaban J connectivity index is 1.50. The number of aromatic nitrogens is 4. The van der Waals surface area contributed by atoms with Crippen LogP contribution in [0.25, 0.3) is 16.9 Å². The molecule has 0 radical (unpaired) electrons. The predicted molar refractivity (Wildman–Crippen MR) is 128 cm³/mol. The van der Waals surface area contributed by atoms with E-state index in [0.717, 1.165) is 22.7 Å². The van der Waals surface area contributed by atoms with Gasteiger partial charge in [-0.05, 0) is 58.1 Å². The number of halogens is 1. The van der Waals surface area contributed by atoms with Crippen LogP contribution in [0.1, 0.15) is 52.0 Å². The van der Waals surface area contributed by atoms with Gasteiger partial charge < -0.3 is 14.5 Å². The molecule has 3 aromatic heterocycles. The van der Waals surface area contributed by atoms with Gasteiger partial charge in [-0.2, -0.15) is 0 Å². The second-order valence-electron chi connectivity index (χ2n) is 9.93. The molecule has 33 heavy (non-hydrogen) atoms. The maximum absolute atomic E-state index is 12.6. The maximum Gasteiger partial charge on any atom is 0.410 e. The van der Waals surface area contributed by atoms with Gasteiger partial charge in [0.2, 0.25) is 0 Å². The Labute approximate surface area is 198 Å². The lowest BCUT2D eigenvalue weighted by molar-refractivity contribution is 0.0218. The average Bonchev–Trinajstić information content (AvgIpc) is 3.52. The van der Waals surface area contributed by atoms with Crippen LogP contribution in [0.5, 0.6) is 0 Å². The summed E-state index contributed by atoms with van der Waals surface area (Å²) in [5.74, 6) is 2.17. The summed E-state index contributed by atoms with van der Waals surface area (Å²) in [6.45, 7) is 9.63. The summed E-state index contributed by atoms with van der Waals surface area (Å²) in [5, 5.41) is 1.70. The molecule has 0 bridgehead atoms. The summed E-state index contributed by atoms with van der Waals surface area (Å²) in [4.78, 5) is 30.5. The first-order valence-corrected chi connectivity index (χ1v) is 11.8. The normalized spacial score (nSPS) is 19.2. The van der Waals surface area contributed by atoms with Gasteiger partial charge in [0.1, 0.15) is 23.6 Å². The van der Waals surface area contributed by atoms with Gasteiger partial charge >= 0.3 is 6.09 Å². The topological polar surface area (TPSA) is 76.4 Å². The van der Waals surface area contributed by atoms with E-state index < -0.39 is 5.60 Å². The van der Waals surface area contributed by atoms with Crippen LogP contribution in [0, 0.1) is 0 Å². The molecule has 1 saturated heterocycles. The molecule has 1 saturated carbocycles. The molecule has 9 heteroatoms. The zero-order valence-corrected chi connectivity index (χ0v) is 20.2. The van der Waals surface area contributed by atoms with Gasteiger partial charge in [-0.25, -0.2) is 19.7 Å². The fourth-order valence-electron chi connectivity index (χ4n) is 4.46. The number of fused-ring (bicyclic) bond motifs is 1. The van der Waals surface area contributed by atoms with E-state index in [9.17, 15) is 4.79 Å². The van der Waals surface area contributed by atoms with Crippen molar-refractivity contribution in [3.63, 3.8) is 0 Å². The van der Waals surface area contributed by atoms with E-state index in [-0.39, 0.29) is 12.1 Å². The van der Waals surface area contributed by atoms with Crippen molar-refractivity contribution in [2.24, 2.45) is 0 Å². The van der Waals surface area contributed by atoms with Crippen molar-refractivity contribution in [3.8, 4) is 5.82 Å². The molecule has 174 valence electrons. The Kier molecular flexibility index (Phi) is 5.43. The number of hydrogen-bond acceptors (Lipinski definition) is 6. The number of anilines is 1. The van der Waals surface area contributed by atoms with E-state index in [0.29, 0.717) is 30.6 Å². The fraction of sp³-hybridized carbons (Fsp3) is 0.500. The molecule has 0 N–H and O–H groups in total. The van der Waals surface area contributed by atoms with Crippen LogP contribution in [0.15, 0.2) is 30.9 Å². The molecule has 1 aliphatic carbocycles. The van der Waals surface area contributed by atoms with Crippen molar-refractivity contribution in [3.05, 3.63) is 41.4 Å². The van der Waals surface area contributed by atoms with E-state index in [1.165, 1.54) is 18.4 Å². The maximum atomic E-state index is 12.6. The van der Waals surface area contributed by atoms with Crippen LogP contribution in [0.2, 0.25) is 5.02 Å². The molecule has 1 atom stereocenters. The first-order chi connectivity index (χ1) is 15.7. The van der Waals surface area contributed by atoms with Crippen LogP contribution in [0.3, 0.4) is 0 Å². The minimum atomic E-state index is -0.507. The van der Waals surface area contributed by atoms with Crippen molar-refractivity contribution in [2.45, 2.75) is 58.1 Å². The fourth-order valence-corrected chi connectivity index (χ4v) is 4.61. The minimum absolute atomic E-state index is 0.0871. The second-order valence-corrected chi connectivity index (χ2v) is 10.4. The summed E-state index contributed by atoms with van der Waals surface area (Å²) in [7, 11) is 0. The van der Waals surface area contributed by atoms with Crippen molar-refractivity contribution in [2.75, 3.05) is 24.5 Å². The van der Waals surface area contributed by atoms with Crippen LogP contribution in [-0.4, -0.2) is 61.8 Å². The molecular weight excluding hydrogens is 440 g/mol. The Morgan fingerprint density at radius 3 is 2.64 bits per heavy atom. The van der Waals surface area contributed by atoms with Gasteiger partial charge in [-0.1, -0.05) is 11.6 Å². The number of carbonyl (C=O) groups is 1. The van der Waals surface area contributed by atoms with E-state index in [2.05, 4.69) is 28.0 Å². The standard InChI is InChI=1S/C24H29ClN6O2/c1-15-12-29(23(32)33-24(2,3)4)9-10-30(15)21-20-18(16-5-6-16)13-31(22(20)28-14-27-21)19-11-17(25)7-8-26-19/h7-8,11,13-16H,5-6,9-10,12H2,1-4H3/t15-/m0/s1. The smallest absolute Gasteiger partial charge is 0.410 e. The molecule has 0 spiro atoms. The Morgan fingerprint density at radius 2 is 1.97 bits per heavy atom. The van der Waals surface area contributed by atoms with E-state index in [4.69, 9.17) is 21.3 Å². The number of amides is 1. The molecule has 1 amide bonds. The monoisotopic (exact) mass is 468 g/mol. The highest BCUT2D eigenvalue weighted by Crippen LogP contribution is 2.46. The van der Waals surface area contributed by atoms with Crippen LogP contribution in [0.4, 0.5) is 10.6 Å². The highest BCUT2D eigenvalue weighted by molar-refractivity contribution is 6.30. The van der Waals surface area contributed by atoms with E-state index >= 15 is 0 Å². The van der Waals surface area contributed by atoms with E-state index in [1.807, 2.05) is 31.4 Å². The first-order valence-electron chi connectivity index (χ1n) is 11.4. The Bertz CT molecular complexity index is 1200. The van der Waals surface area contributed by atoms with Crippen molar-refractivity contribution < 1.29 is 9.53 Å². The van der Waals surface area contributed by atoms with Gasteiger partial charge in [0, 0.05) is 49.2 Å². The van der Waals surface area contributed by atoms with Crippen LogP contribution >= 0.6 is 11.6 Å². The number of rotatable bonds is 3. The third kappa shape index (κ3) is 4.36. The lowest BCUT2D eigenvalue weighted by Crippen LogP contribution is -2.54. The number of piperazine rings is 1. The largest absolute Gasteiger partial charge is 0.444 e. The number of pyridine rings is 1. The highest BCUT2D eigenvalue weighted by Gasteiger charge is 2.34.